The van der Waals surface area contributed by atoms with Crippen LogP contribution < -0.4 is 0 Å². The summed E-state index contributed by atoms with van der Waals surface area (Å²) in [6.07, 6.45) is 0. The topological polar surface area (TPSA) is 9.23 Å². The van der Waals surface area contributed by atoms with E-state index in [2.05, 4.69) is 29.2 Å². The monoisotopic (exact) mass is 204 g/mol. The molecule has 0 saturated heterocycles. The lowest BCUT2D eigenvalue weighted by Gasteiger charge is -2.06. The van der Waals surface area contributed by atoms with Gasteiger partial charge in [0, 0.05) is 12.0 Å². The Balaban J connectivity index is 2.61. The fourth-order valence-electron chi connectivity index (χ4n) is 0.714. The highest BCUT2D eigenvalue weighted by atomic mass is 32.2. The van der Waals surface area contributed by atoms with Crippen LogP contribution in [0.15, 0.2) is 30.3 Å². The van der Waals surface area contributed by atoms with Gasteiger partial charge in [0.25, 0.3) is 0 Å². The Kier molecular flexibility index (Phi) is 4.22. The van der Waals surface area contributed by atoms with E-state index < -0.39 is 0 Å². The van der Waals surface area contributed by atoms with E-state index >= 15 is 0 Å². The zero-order valence-corrected chi connectivity index (χ0v) is 8.28. The van der Waals surface area contributed by atoms with Gasteiger partial charge in [-0.3, -0.25) is 0 Å². The third kappa shape index (κ3) is 2.99. The van der Waals surface area contributed by atoms with Gasteiger partial charge in [0.15, 0.2) is 0 Å². The third-order valence-electron chi connectivity index (χ3n) is 1.22. The second-order valence-corrected chi connectivity index (χ2v) is 4.06. The lowest BCUT2D eigenvalue weighted by molar-refractivity contribution is 0.771. The number of thiol groups is 2. The van der Waals surface area contributed by atoms with E-state index in [4.69, 9.17) is 0 Å². The minimum absolute atomic E-state index is 0.0358. The third-order valence-corrected chi connectivity index (χ3v) is 2.57. The molecule has 0 aliphatic heterocycles. The molecule has 0 amide bonds. The van der Waals surface area contributed by atoms with E-state index in [0.717, 1.165) is 5.56 Å². The molecule has 0 heterocycles. The van der Waals surface area contributed by atoms with E-state index in [1.165, 1.54) is 12.0 Å². The molecule has 4 heteroatoms. The molecule has 1 rings (SSSR count). The van der Waals surface area contributed by atoms with Crippen LogP contribution in [0.4, 0.5) is 0 Å². The molecule has 1 atom stereocenters. The fraction of sp³-hybridized carbons (Fsp3) is 0.143. The van der Waals surface area contributed by atoms with Gasteiger partial charge in [-0.05, 0) is 18.5 Å². The Morgan fingerprint density at radius 2 is 1.91 bits per heavy atom. The molecular weight excluding hydrogens is 196 g/mol. The van der Waals surface area contributed by atoms with Crippen molar-refractivity contribution in [3.8, 4) is 0 Å². The van der Waals surface area contributed by atoms with Crippen LogP contribution >= 0.6 is 37.6 Å². The molecule has 0 radical (unpaired) electrons. The van der Waals surface area contributed by atoms with Crippen molar-refractivity contribution >= 4 is 37.6 Å². The molecule has 0 spiro atoms. The average molecular weight is 204 g/mol. The summed E-state index contributed by atoms with van der Waals surface area (Å²) in [5.74, 6) is 0. The minimum Gasteiger partial charge on any atom is -0.249 e. The lowest BCUT2D eigenvalue weighted by atomic mass is 10.2. The molecule has 1 aromatic rings. The van der Waals surface area contributed by atoms with Gasteiger partial charge in [-0.25, -0.2) is 3.63 Å². The first kappa shape index (κ1) is 9.32. The van der Waals surface area contributed by atoms with E-state index in [-0.39, 0.29) is 4.58 Å². The molecule has 0 aliphatic carbocycles. The van der Waals surface area contributed by atoms with Gasteiger partial charge in [0.05, 0.1) is 4.58 Å². The first-order chi connectivity index (χ1) is 5.34. The summed E-state index contributed by atoms with van der Waals surface area (Å²) < 4.78 is 4.63. The van der Waals surface area contributed by atoms with Crippen LogP contribution in [0.1, 0.15) is 10.1 Å². The van der Waals surface area contributed by atoms with Crippen molar-refractivity contribution in [1.29, 1.82) is 0 Å². The Bertz CT molecular complexity index is 202. The number of hydrogen-bond acceptors (Lipinski definition) is 4. The maximum absolute atomic E-state index is 4.59. The van der Waals surface area contributed by atoms with Gasteiger partial charge in [0.2, 0.25) is 0 Å². The lowest BCUT2D eigenvalue weighted by Crippen LogP contribution is -1.82. The second-order valence-electron chi connectivity index (χ2n) is 1.93. The SMILES string of the molecule is SOSC(S)c1ccccc1. The van der Waals surface area contributed by atoms with Crippen LogP contribution in [-0.2, 0) is 3.63 Å². The summed E-state index contributed by atoms with van der Waals surface area (Å²) in [6.45, 7) is 0. The predicted octanol–water partition coefficient (Wildman–Crippen LogP) is 3.12. The molecule has 1 nitrogen and oxygen atoms in total. The number of benzene rings is 1. The van der Waals surface area contributed by atoms with E-state index in [9.17, 15) is 0 Å². The van der Waals surface area contributed by atoms with E-state index in [1.54, 1.807) is 0 Å². The normalized spacial score (nSPS) is 12.9. The van der Waals surface area contributed by atoms with Crippen LogP contribution in [0.2, 0.25) is 0 Å². The van der Waals surface area contributed by atoms with Crippen LogP contribution in [-0.4, -0.2) is 0 Å². The summed E-state index contributed by atoms with van der Waals surface area (Å²) in [4.78, 5) is 0. The van der Waals surface area contributed by atoms with Crippen molar-refractivity contribution in [2.45, 2.75) is 4.58 Å². The molecule has 0 N–H and O–H groups in total. The molecule has 11 heavy (non-hydrogen) atoms. The molecular formula is C7H8OS3. The molecule has 60 valence electrons. The van der Waals surface area contributed by atoms with Crippen molar-refractivity contribution in [2.75, 3.05) is 0 Å². The average Bonchev–Trinajstić information content (AvgIpc) is 2.07. The Morgan fingerprint density at radius 1 is 1.27 bits per heavy atom. The Labute approximate surface area is 81.8 Å². The number of rotatable bonds is 3. The molecule has 0 aliphatic rings. The van der Waals surface area contributed by atoms with Crippen LogP contribution in [0.3, 0.4) is 0 Å². The molecule has 1 aromatic carbocycles. The van der Waals surface area contributed by atoms with Crippen molar-refractivity contribution in [2.24, 2.45) is 0 Å². The van der Waals surface area contributed by atoms with E-state index in [1.807, 2.05) is 30.3 Å². The maximum Gasteiger partial charge on any atom is 0.0998 e. The highest BCUT2D eigenvalue weighted by Crippen LogP contribution is 2.33. The zero-order valence-electron chi connectivity index (χ0n) is 5.68. The maximum atomic E-state index is 4.59. The highest BCUT2D eigenvalue weighted by Gasteiger charge is 2.04. The standard InChI is InChI=1S/C7H8OS3/c9-7(11-8-10)6-4-2-1-3-5-6/h1-5,7,9-10H. The van der Waals surface area contributed by atoms with Crippen LogP contribution in [0.5, 0.6) is 0 Å². The summed E-state index contributed by atoms with van der Waals surface area (Å²) in [5, 5.41) is 0. The first-order valence-corrected chi connectivity index (χ1v) is 4.73. The Morgan fingerprint density at radius 3 is 2.45 bits per heavy atom. The van der Waals surface area contributed by atoms with Gasteiger partial charge in [-0.2, -0.15) is 12.6 Å². The van der Waals surface area contributed by atoms with Gasteiger partial charge in [0.1, 0.15) is 0 Å². The van der Waals surface area contributed by atoms with Crippen molar-refractivity contribution in [3.63, 3.8) is 0 Å². The van der Waals surface area contributed by atoms with Crippen molar-refractivity contribution in [3.05, 3.63) is 35.9 Å². The van der Waals surface area contributed by atoms with Crippen molar-refractivity contribution < 1.29 is 3.63 Å². The van der Waals surface area contributed by atoms with Gasteiger partial charge < -0.3 is 0 Å². The van der Waals surface area contributed by atoms with Gasteiger partial charge >= 0.3 is 0 Å². The molecule has 0 saturated carbocycles. The zero-order chi connectivity index (χ0) is 8.10. The quantitative estimate of drug-likeness (QED) is 0.445. The van der Waals surface area contributed by atoms with Crippen LogP contribution in [0, 0.1) is 0 Å². The smallest absolute Gasteiger partial charge is 0.0998 e. The van der Waals surface area contributed by atoms with Crippen LogP contribution in [0.25, 0.3) is 0 Å². The molecule has 0 fully saturated rings. The summed E-state index contributed by atoms with van der Waals surface area (Å²) in [7, 11) is 0. The second kappa shape index (κ2) is 4.98. The minimum atomic E-state index is 0.0358. The summed E-state index contributed by atoms with van der Waals surface area (Å²) >= 11 is 9.13. The van der Waals surface area contributed by atoms with Gasteiger partial charge in [-0.15, -0.1) is 0 Å². The first-order valence-electron chi connectivity index (χ1n) is 3.04. The van der Waals surface area contributed by atoms with E-state index in [0.29, 0.717) is 0 Å². The fourth-order valence-corrected chi connectivity index (χ4v) is 1.83. The largest absolute Gasteiger partial charge is 0.249 e. The summed E-state index contributed by atoms with van der Waals surface area (Å²) in [6, 6.07) is 9.90. The summed E-state index contributed by atoms with van der Waals surface area (Å²) in [5.41, 5.74) is 1.12. The van der Waals surface area contributed by atoms with Gasteiger partial charge in [-0.1, -0.05) is 30.3 Å². The molecule has 1 unspecified atom stereocenters. The Hall–Kier alpha value is 0.230. The highest BCUT2D eigenvalue weighted by molar-refractivity contribution is 8.10. The number of hydrogen-bond donors (Lipinski definition) is 2. The molecule has 0 bridgehead atoms. The van der Waals surface area contributed by atoms with Crippen molar-refractivity contribution in [1.82, 2.24) is 0 Å². The molecule has 0 aromatic heterocycles. The predicted molar refractivity (Wildman–Crippen MR) is 55.8 cm³/mol.